The smallest absolute Gasteiger partial charge is 0.303 e. The lowest BCUT2D eigenvalue weighted by Crippen LogP contribution is -2.04. The first-order valence-electron chi connectivity index (χ1n) is 5.27. The Morgan fingerprint density at radius 2 is 1.53 bits per heavy atom. The van der Waals surface area contributed by atoms with Crippen LogP contribution in [0, 0.1) is 0 Å². The second-order valence-corrected chi connectivity index (χ2v) is 4.07. The number of ether oxygens (including phenoxy) is 1. The van der Waals surface area contributed by atoms with E-state index in [4.69, 9.17) is 4.74 Å². The first-order valence-corrected chi connectivity index (χ1v) is 5.27. The SMILES string of the molecule is CC(=O)O[C@H](C)c1ccc(C(C)C)cc1. The largest absolute Gasteiger partial charge is 0.458 e. The summed E-state index contributed by atoms with van der Waals surface area (Å²) in [5, 5.41) is 0. The molecule has 0 heterocycles. The maximum atomic E-state index is 10.8. The van der Waals surface area contributed by atoms with Crippen LogP contribution in [0.4, 0.5) is 0 Å². The van der Waals surface area contributed by atoms with Gasteiger partial charge in [-0.1, -0.05) is 38.1 Å². The number of carbonyl (C=O) groups is 1. The summed E-state index contributed by atoms with van der Waals surface area (Å²) in [4.78, 5) is 10.8. The van der Waals surface area contributed by atoms with Gasteiger partial charge in [-0.05, 0) is 24.0 Å². The molecular weight excluding hydrogens is 188 g/mol. The van der Waals surface area contributed by atoms with Crippen molar-refractivity contribution in [3.05, 3.63) is 35.4 Å². The van der Waals surface area contributed by atoms with Gasteiger partial charge in [0.2, 0.25) is 0 Å². The van der Waals surface area contributed by atoms with E-state index < -0.39 is 0 Å². The van der Waals surface area contributed by atoms with Crippen molar-refractivity contribution >= 4 is 5.97 Å². The number of esters is 1. The average molecular weight is 206 g/mol. The van der Waals surface area contributed by atoms with Crippen LogP contribution in [0.5, 0.6) is 0 Å². The Labute approximate surface area is 91.3 Å². The molecule has 0 aliphatic heterocycles. The average Bonchev–Trinajstić information content (AvgIpc) is 2.17. The molecule has 0 saturated carbocycles. The lowest BCUT2D eigenvalue weighted by Gasteiger charge is -2.13. The van der Waals surface area contributed by atoms with Gasteiger partial charge in [0, 0.05) is 6.92 Å². The minimum Gasteiger partial charge on any atom is -0.458 e. The minimum absolute atomic E-state index is 0.163. The van der Waals surface area contributed by atoms with E-state index in [1.54, 1.807) is 0 Å². The summed E-state index contributed by atoms with van der Waals surface area (Å²) in [5.41, 5.74) is 2.34. The van der Waals surface area contributed by atoms with Crippen molar-refractivity contribution < 1.29 is 9.53 Å². The van der Waals surface area contributed by atoms with E-state index in [9.17, 15) is 4.79 Å². The molecule has 0 amide bonds. The van der Waals surface area contributed by atoms with Crippen LogP contribution in [0.25, 0.3) is 0 Å². The molecule has 0 aliphatic rings. The Balaban J connectivity index is 2.75. The van der Waals surface area contributed by atoms with Gasteiger partial charge in [0.15, 0.2) is 0 Å². The van der Waals surface area contributed by atoms with Gasteiger partial charge < -0.3 is 4.74 Å². The van der Waals surface area contributed by atoms with Crippen LogP contribution in [0.1, 0.15) is 50.8 Å². The molecule has 0 radical (unpaired) electrons. The van der Waals surface area contributed by atoms with Crippen LogP contribution in [-0.2, 0) is 9.53 Å². The molecule has 0 aliphatic carbocycles. The molecule has 15 heavy (non-hydrogen) atoms. The highest BCUT2D eigenvalue weighted by atomic mass is 16.5. The first kappa shape index (κ1) is 11.8. The topological polar surface area (TPSA) is 26.3 Å². The Bertz CT molecular complexity index is 325. The fourth-order valence-corrected chi connectivity index (χ4v) is 1.47. The fraction of sp³-hybridized carbons (Fsp3) is 0.462. The third-order valence-corrected chi connectivity index (χ3v) is 2.42. The van der Waals surface area contributed by atoms with Gasteiger partial charge in [-0.2, -0.15) is 0 Å². The van der Waals surface area contributed by atoms with E-state index in [-0.39, 0.29) is 12.1 Å². The normalized spacial score (nSPS) is 12.6. The molecule has 0 bridgehead atoms. The number of carbonyl (C=O) groups excluding carboxylic acids is 1. The van der Waals surface area contributed by atoms with E-state index in [0.29, 0.717) is 5.92 Å². The summed E-state index contributed by atoms with van der Waals surface area (Å²) in [6, 6.07) is 8.20. The monoisotopic (exact) mass is 206 g/mol. The van der Waals surface area contributed by atoms with Crippen molar-refractivity contribution in [2.24, 2.45) is 0 Å². The molecule has 0 saturated heterocycles. The Hall–Kier alpha value is -1.31. The summed E-state index contributed by atoms with van der Waals surface area (Å²) in [5.74, 6) is 0.290. The Morgan fingerprint density at radius 1 is 1.07 bits per heavy atom. The van der Waals surface area contributed by atoms with Crippen LogP contribution in [0.2, 0.25) is 0 Å². The van der Waals surface area contributed by atoms with Gasteiger partial charge in [-0.3, -0.25) is 4.79 Å². The lowest BCUT2D eigenvalue weighted by atomic mass is 10.0. The summed E-state index contributed by atoms with van der Waals surface area (Å²) >= 11 is 0. The number of rotatable bonds is 3. The molecule has 0 fully saturated rings. The third kappa shape index (κ3) is 3.39. The number of hydrogen-bond donors (Lipinski definition) is 0. The van der Waals surface area contributed by atoms with Gasteiger partial charge in [0.1, 0.15) is 6.10 Å². The molecule has 0 N–H and O–H groups in total. The molecule has 1 rings (SSSR count). The maximum absolute atomic E-state index is 10.8. The molecule has 2 heteroatoms. The van der Waals surface area contributed by atoms with Crippen molar-refractivity contribution in [1.29, 1.82) is 0 Å². The molecule has 2 nitrogen and oxygen atoms in total. The van der Waals surface area contributed by atoms with Crippen LogP contribution in [0.15, 0.2) is 24.3 Å². The molecule has 1 aromatic rings. The van der Waals surface area contributed by atoms with Crippen molar-refractivity contribution in [3.8, 4) is 0 Å². The second-order valence-electron chi connectivity index (χ2n) is 4.07. The van der Waals surface area contributed by atoms with Crippen molar-refractivity contribution in [3.63, 3.8) is 0 Å². The Kier molecular flexibility index (Phi) is 3.89. The highest BCUT2D eigenvalue weighted by Crippen LogP contribution is 2.20. The summed E-state index contributed by atoms with van der Waals surface area (Å²) in [7, 11) is 0. The highest BCUT2D eigenvalue weighted by molar-refractivity contribution is 5.66. The number of hydrogen-bond acceptors (Lipinski definition) is 2. The van der Waals surface area contributed by atoms with Gasteiger partial charge in [-0.25, -0.2) is 0 Å². The zero-order valence-corrected chi connectivity index (χ0v) is 9.78. The van der Waals surface area contributed by atoms with Gasteiger partial charge >= 0.3 is 5.97 Å². The summed E-state index contributed by atoms with van der Waals surface area (Å²) in [6.07, 6.45) is -0.163. The zero-order valence-electron chi connectivity index (χ0n) is 9.78. The van der Waals surface area contributed by atoms with Gasteiger partial charge in [-0.15, -0.1) is 0 Å². The predicted octanol–water partition coefficient (Wildman–Crippen LogP) is 3.43. The van der Waals surface area contributed by atoms with E-state index in [1.165, 1.54) is 12.5 Å². The van der Waals surface area contributed by atoms with Crippen molar-refractivity contribution in [2.75, 3.05) is 0 Å². The molecule has 1 aromatic carbocycles. The van der Waals surface area contributed by atoms with Gasteiger partial charge in [0.05, 0.1) is 0 Å². The third-order valence-electron chi connectivity index (χ3n) is 2.42. The quantitative estimate of drug-likeness (QED) is 0.708. The van der Waals surface area contributed by atoms with Crippen LogP contribution in [-0.4, -0.2) is 5.97 Å². The second kappa shape index (κ2) is 4.96. The zero-order chi connectivity index (χ0) is 11.4. The molecule has 82 valence electrons. The molecule has 0 aromatic heterocycles. The highest BCUT2D eigenvalue weighted by Gasteiger charge is 2.08. The lowest BCUT2D eigenvalue weighted by molar-refractivity contribution is -0.145. The maximum Gasteiger partial charge on any atom is 0.303 e. The van der Waals surface area contributed by atoms with E-state index in [2.05, 4.69) is 26.0 Å². The van der Waals surface area contributed by atoms with Crippen molar-refractivity contribution in [2.45, 2.75) is 39.7 Å². The van der Waals surface area contributed by atoms with Crippen LogP contribution >= 0.6 is 0 Å². The minimum atomic E-state index is -0.240. The van der Waals surface area contributed by atoms with Crippen LogP contribution < -0.4 is 0 Å². The summed E-state index contributed by atoms with van der Waals surface area (Å²) in [6.45, 7) is 7.62. The van der Waals surface area contributed by atoms with Crippen LogP contribution in [0.3, 0.4) is 0 Å². The van der Waals surface area contributed by atoms with E-state index in [0.717, 1.165) is 5.56 Å². The molecular formula is C13H18O2. The first-order chi connectivity index (χ1) is 7.00. The summed E-state index contributed by atoms with van der Waals surface area (Å²) < 4.78 is 5.10. The molecule has 0 spiro atoms. The number of benzene rings is 1. The fourth-order valence-electron chi connectivity index (χ4n) is 1.47. The standard InChI is InChI=1S/C13H18O2/c1-9(2)12-5-7-13(8-6-12)10(3)15-11(4)14/h5-10H,1-4H3/t10-/m1/s1. The van der Waals surface area contributed by atoms with Crippen molar-refractivity contribution in [1.82, 2.24) is 0 Å². The van der Waals surface area contributed by atoms with E-state index in [1.807, 2.05) is 19.1 Å². The Morgan fingerprint density at radius 3 is 1.93 bits per heavy atom. The van der Waals surface area contributed by atoms with Gasteiger partial charge in [0.25, 0.3) is 0 Å². The molecule has 0 unspecified atom stereocenters. The molecule has 1 atom stereocenters. The predicted molar refractivity (Wildman–Crippen MR) is 60.7 cm³/mol. The van der Waals surface area contributed by atoms with E-state index >= 15 is 0 Å².